The van der Waals surface area contributed by atoms with Gasteiger partial charge in [-0.3, -0.25) is 9.59 Å². The van der Waals surface area contributed by atoms with Crippen molar-refractivity contribution in [1.82, 2.24) is 14.5 Å². The molecule has 2 aromatic rings. The number of benzene rings is 2. The minimum Gasteiger partial charge on any atom is -0.352 e. The van der Waals surface area contributed by atoms with E-state index >= 15 is 0 Å². The zero-order valence-corrected chi connectivity index (χ0v) is 17.3. The Kier molecular flexibility index (Phi) is 6.89. The second kappa shape index (κ2) is 9.39. The fourth-order valence-corrected chi connectivity index (χ4v) is 5.02. The third-order valence-electron chi connectivity index (χ3n) is 4.71. The first-order valence-corrected chi connectivity index (χ1v) is 11.1. The van der Waals surface area contributed by atoms with E-state index in [1.807, 2.05) is 6.07 Å². The van der Waals surface area contributed by atoms with Crippen LogP contribution in [0.25, 0.3) is 0 Å². The Hall–Kier alpha value is -2.42. The Labute approximate surface area is 175 Å². The van der Waals surface area contributed by atoms with Crippen LogP contribution in [0.1, 0.15) is 16.8 Å². The summed E-state index contributed by atoms with van der Waals surface area (Å²) in [7, 11) is -3.69. The molecule has 1 heterocycles. The Balaban J connectivity index is 1.48. The number of nitrogens with one attached hydrogen (secondary N) is 1. The highest BCUT2D eigenvalue weighted by Gasteiger charge is 2.31. The first-order valence-electron chi connectivity index (χ1n) is 9.25. The van der Waals surface area contributed by atoms with Gasteiger partial charge in [0.2, 0.25) is 15.9 Å². The summed E-state index contributed by atoms with van der Waals surface area (Å²) in [5, 5.41) is 2.90. The number of carbonyl (C=O) groups excluding carboxylic acids is 2. The Morgan fingerprint density at radius 1 is 0.931 bits per heavy atom. The summed E-state index contributed by atoms with van der Waals surface area (Å²) in [6.45, 7) is 1.24. The minimum absolute atomic E-state index is 0.0741. The molecule has 154 valence electrons. The van der Waals surface area contributed by atoms with E-state index in [0.29, 0.717) is 18.7 Å². The van der Waals surface area contributed by atoms with Gasteiger partial charge in [0.15, 0.2) is 0 Å². The van der Waals surface area contributed by atoms with Crippen LogP contribution >= 0.6 is 11.6 Å². The molecule has 9 heteroatoms. The van der Waals surface area contributed by atoms with E-state index < -0.39 is 10.0 Å². The van der Waals surface area contributed by atoms with Crippen LogP contribution in [0, 0.1) is 0 Å². The van der Waals surface area contributed by atoms with Gasteiger partial charge in [-0.2, -0.15) is 4.31 Å². The van der Waals surface area contributed by atoms with Crippen molar-refractivity contribution in [2.75, 3.05) is 32.7 Å². The predicted molar refractivity (Wildman–Crippen MR) is 110 cm³/mol. The smallest absolute Gasteiger partial charge is 0.251 e. The number of rotatable bonds is 6. The lowest BCUT2D eigenvalue weighted by Gasteiger charge is -2.34. The molecule has 1 fully saturated rings. The summed E-state index contributed by atoms with van der Waals surface area (Å²) in [4.78, 5) is 26.1. The van der Waals surface area contributed by atoms with Crippen molar-refractivity contribution in [3.63, 3.8) is 0 Å². The third-order valence-corrected chi connectivity index (χ3v) is 7.10. The number of halogens is 1. The molecule has 2 amide bonds. The van der Waals surface area contributed by atoms with E-state index in [2.05, 4.69) is 5.32 Å². The van der Waals surface area contributed by atoms with Crippen LogP contribution in [-0.2, 0) is 14.8 Å². The zero-order chi connectivity index (χ0) is 20.9. The van der Waals surface area contributed by atoms with Crippen LogP contribution in [0.4, 0.5) is 0 Å². The average molecular weight is 436 g/mol. The van der Waals surface area contributed by atoms with Crippen LogP contribution in [0.15, 0.2) is 59.5 Å². The molecular weight excluding hydrogens is 414 g/mol. The number of hydrogen-bond donors (Lipinski definition) is 1. The molecule has 2 aromatic carbocycles. The van der Waals surface area contributed by atoms with Crippen molar-refractivity contribution < 1.29 is 18.0 Å². The number of piperazine rings is 1. The van der Waals surface area contributed by atoms with Gasteiger partial charge < -0.3 is 10.2 Å². The number of carbonyl (C=O) groups is 2. The summed E-state index contributed by atoms with van der Waals surface area (Å²) >= 11 is 6.03. The van der Waals surface area contributed by atoms with Gasteiger partial charge in [-0.15, -0.1) is 0 Å². The Bertz CT molecular complexity index is 974. The summed E-state index contributed by atoms with van der Waals surface area (Å²) in [6.07, 6.45) is 0.163. The van der Waals surface area contributed by atoms with E-state index in [4.69, 9.17) is 11.6 Å². The molecule has 1 N–H and O–H groups in total. The third kappa shape index (κ3) is 5.14. The maximum atomic E-state index is 12.8. The summed E-state index contributed by atoms with van der Waals surface area (Å²) < 4.78 is 26.9. The van der Waals surface area contributed by atoms with Crippen LogP contribution in [0.3, 0.4) is 0 Å². The number of nitrogens with zero attached hydrogens (tertiary/aromatic N) is 2. The van der Waals surface area contributed by atoms with E-state index in [1.54, 1.807) is 41.3 Å². The van der Waals surface area contributed by atoms with Gasteiger partial charge in [-0.1, -0.05) is 41.9 Å². The molecule has 0 aromatic heterocycles. The predicted octanol–water partition coefficient (Wildman–Crippen LogP) is 1.99. The average Bonchev–Trinajstić information content (AvgIpc) is 2.74. The summed E-state index contributed by atoms with van der Waals surface area (Å²) in [6, 6.07) is 15.1. The van der Waals surface area contributed by atoms with Gasteiger partial charge in [0, 0.05) is 44.7 Å². The molecule has 1 aliphatic rings. The molecular formula is C20H22ClN3O4S. The van der Waals surface area contributed by atoms with Crippen LogP contribution < -0.4 is 5.32 Å². The summed E-state index contributed by atoms with van der Waals surface area (Å²) in [5.41, 5.74) is 0.540. The highest BCUT2D eigenvalue weighted by atomic mass is 35.5. The molecule has 0 bridgehead atoms. The molecule has 0 unspecified atom stereocenters. The van der Waals surface area contributed by atoms with Crippen LogP contribution in [0.5, 0.6) is 0 Å². The molecule has 29 heavy (non-hydrogen) atoms. The first kappa shape index (κ1) is 21.3. The fourth-order valence-electron chi connectivity index (χ4n) is 3.10. The van der Waals surface area contributed by atoms with E-state index in [9.17, 15) is 18.0 Å². The lowest BCUT2D eigenvalue weighted by Crippen LogP contribution is -2.50. The van der Waals surface area contributed by atoms with Crippen molar-refractivity contribution >= 4 is 33.4 Å². The van der Waals surface area contributed by atoms with Gasteiger partial charge in [0.25, 0.3) is 5.91 Å². The van der Waals surface area contributed by atoms with Crippen molar-refractivity contribution in [2.45, 2.75) is 11.3 Å². The number of sulfonamides is 1. The van der Waals surface area contributed by atoms with Crippen molar-refractivity contribution in [2.24, 2.45) is 0 Å². The topological polar surface area (TPSA) is 86.8 Å². The maximum absolute atomic E-state index is 12.8. The van der Waals surface area contributed by atoms with Crippen LogP contribution in [-0.4, -0.2) is 62.2 Å². The van der Waals surface area contributed by atoms with Crippen LogP contribution in [0.2, 0.25) is 5.02 Å². The Morgan fingerprint density at radius 2 is 1.55 bits per heavy atom. The normalized spacial score (nSPS) is 15.1. The quantitative estimate of drug-likeness (QED) is 0.751. The SMILES string of the molecule is O=C(NCCC(=O)N1CCN(S(=O)(=O)c2ccccc2Cl)CC1)c1ccccc1. The van der Waals surface area contributed by atoms with E-state index in [1.165, 1.54) is 16.4 Å². The zero-order valence-electron chi connectivity index (χ0n) is 15.8. The molecule has 7 nitrogen and oxygen atoms in total. The molecule has 0 spiro atoms. The van der Waals surface area contributed by atoms with E-state index in [-0.39, 0.29) is 47.8 Å². The standard InChI is InChI=1S/C20H22ClN3O4S/c21-17-8-4-5-9-18(17)29(27,28)24-14-12-23(13-15-24)19(25)10-11-22-20(26)16-6-2-1-3-7-16/h1-9H,10-15H2,(H,22,26). The second-order valence-corrected chi connectivity index (χ2v) is 8.90. The van der Waals surface area contributed by atoms with Gasteiger partial charge in [0.05, 0.1) is 5.02 Å². The molecule has 0 radical (unpaired) electrons. The highest BCUT2D eigenvalue weighted by Crippen LogP contribution is 2.25. The molecule has 0 atom stereocenters. The minimum atomic E-state index is -3.69. The monoisotopic (exact) mass is 435 g/mol. The molecule has 1 aliphatic heterocycles. The van der Waals surface area contributed by atoms with Gasteiger partial charge in [-0.25, -0.2) is 8.42 Å². The largest absolute Gasteiger partial charge is 0.352 e. The van der Waals surface area contributed by atoms with E-state index in [0.717, 1.165) is 0 Å². The number of hydrogen-bond acceptors (Lipinski definition) is 4. The van der Waals surface area contributed by atoms with Gasteiger partial charge in [0.1, 0.15) is 4.90 Å². The molecule has 0 saturated carbocycles. The Morgan fingerprint density at radius 3 is 2.21 bits per heavy atom. The van der Waals surface area contributed by atoms with Crippen molar-refractivity contribution in [3.8, 4) is 0 Å². The molecule has 0 aliphatic carbocycles. The maximum Gasteiger partial charge on any atom is 0.251 e. The van der Waals surface area contributed by atoms with Crippen molar-refractivity contribution in [1.29, 1.82) is 0 Å². The lowest BCUT2D eigenvalue weighted by molar-refractivity contribution is -0.132. The summed E-state index contributed by atoms with van der Waals surface area (Å²) in [5.74, 6) is -0.345. The van der Waals surface area contributed by atoms with Crippen molar-refractivity contribution in [3.05, 3.63) is 65.2 Å². The molecule has 3 rings (SSSR count). The lowest BCUT2D eigenvalue weighted by atomic mass is 10.2. The van der Waals surface area contributed by atoms with Gasteiger partial charge >= 0.3 is 0 Å². The number of amides is 2. The van der Waals surface area contributed by atoms with Gasteiger partial charge in [-0.05, 0) is 24.3 Å². The highest BCUT2D eigenvalue weighted by molar-refractivity contribution is 7.89. The first-order chi connectivity index (χ1) is 13.9. The molecule has 1 saturated heterocycles. The second-order valence-electron chi connectivity index (χ2n) is 6.59. The fraction of sp³-hybridized carbons (Fsp3) is 0.300.